The van der Waals surface area contributed by atoms with Gasteiger partial charge in [-0.05, 0) is 5.41 Å². The fraction of sp³-hybridized carbons (Fsp3) is 0.714. The van der Waals surface area contributed by atoms with Gasteiger partial charge >= 0.3 is 5.97 Å². The van der Waals surface area contributed by atoms with Crippen LogP contribution in [0.15, 0.2) is 0 Å². The Bertz CT molecular complexity index is 182. The minimum absolute atomic E-state index is 0.389. The number of thiol groups is 2. The summed E-state index contributed by atoms with van der Waals surface area (Å²) in [6.07, 6.45) is -1.27. The van der Waals surface area contributed by atoms with E-state index in [2.05, 4.69) is 37.5 Å². The minimum atomic E-state index is -1.27. The van der Waals surface area contributed by atoms with Crippen LogP contribution in [-0.4, -0.2) is 25.8 Å². The van der Waals surface area contributed by atoms with Gasteiger partial charge in [-0.2, -0.15) is 0 Å². The van der Waals surface area contributed by atoms with Crippen molar-refractivity contribution in [2.45, 2.75) is 26.9 Å². The molecule has 0 rings (SSSR count). The summed E-state index contributed by atoms with van der Waals surface area (Å²) < 4.78 is 0.389. The molecule has 3 nitrogen and oxygen atoms in total. The molecule has 78 valence electrons. The molecular formula is C7H14O3S3. The number of thiocarbonyl (C=S) groups is 1. The van der Waals surface area contributed by atoms with Crippen molar-refractivity contribution in [3.8, 4) is 0 Å². The zero-order valence-corrected chi connectivity index (χ0v) is 10.3. The molecule has 1 unspecified atom stereocenters. The molecule has 0 amide bonds. The van der Waals surface area contributed by atoms with Crippen LogP contribution in [-0.2, 0) is 4.79 Å². The number of aliphatic carboxylic acids is 1. The van der Waals surface area contributed by atoms with Crippen LogP contribution in [0.25, 0.3) is 0 Å². The third-order valence-electron chi connectivity index (χ3n) is 1.05. The molecule has 0 radical (unpaired) electrons. The van der Waals surface area contributed by atoms with Gasteiger partial charge < -0.3 is 10.2 Å². The standard InChI is InChI=1S/C6H12O3.CH2S3/c1-6(2,3)4(7)5(8)9;2-1(3)4/h4,7H,1-3H3,(H,8,9);(H2,2,3,4). The molecule has 1 atom stereocenters. The molecule has 0 bridgehead atoms. The second-order valence-corrected chi connectivity index (χ2v) is 5.65. The zero-order valence-electron chi connectivity index (χ0n) is 7.68. The molecule has 0 saturated heterocycles. The molecule has 0 fully saturated rings. The van der Waals surface area contributed by atoms with Gasteiger partial charge in [-0.3, -0.25) is 0 Å². The molecular weight excluding hydrogens is 228 g/mol. The second-order valence-electron chi connectivity index (χ2n) is 3.39. The number of carboxylic acid groups (broad SMARTS) is 1. The number of hydrogen-bond donors (Lipinski definition) is 4. The number of carbonyl (C=O) groups is 1. The smallest absolute Gasteiger partial charge is 0.333 e. The highest BCUT2D eigenvalue weighted by Crippen LogP contribution is 2.18. The average Bonchev–Trinajstić information content (AvgIpc) is 1.82. The summed E-state index contributed by atoms with van der Waals surface area (Å²) in [5, 5.41) is 17.1. The zero-order chi connectivity index (χ0) is 11.2. The molecule has 0 saturated carbocycles. The van der Waals surface area contributed by atoms with Gasteiger partial charge in [0.2, 0.25) is 0 Å². The molecule has 0 aliphatic carbocycles. The lowest BCUT2D eigenvalue weighted by Crippen LogP contribution is -2.33. The van der Waals surface area contributed by atoms with E-state index in [0.29, 0.717) is 3.53 Å². The van der Waals surface area contributed by atoms with E-state index >= 15 is 0 Å². The van der Waals surface area contributed by atoms with E-state index in [1.807, 2.05) is 0 Å². The summed E-state index contributed by atoms with van der Waals surface area (Å²) in [6.45, 7) is 5.02. The highest BCUT2D eigenvalue weighted by Gasteiger charge is 2.28. The van der Waals surface area contributed by atoms with E-state index in [0.717, 1.165) is 0 Å². The second kappa shape index (κ2) is 6.64. The molecule has 13 heavy (non-hydrogen) atoms. The lowest BCUT2D eigenvalue weighted by Gasteiger charge is -2.21. The molecule has 0 aliphatic rings. The van der Waals surface area contributed by atoms with Crippen LogP contribution < -0.4 is 0 Å². The number of aliphatic hydroxyl groups is 1. The molecule has 0 aromatic rings. The first-order valence-electron chi connectivity index (χ1n) is 3.41. The first-order valence-corrected chi connectivity index (χ1v) is 4.72. The number of aliphatic hydroxyl groups excluding tert-OH is 1. The van der Waals surface area contributed by atoms with Crippen molar-refractivity contribution in [1.82, 2.24) is 0 Å². The van der Waals surface area contributed by atoms with Crippen molar-refractivity contribution in [2.75, 3.05) is 0 Å². The predicted octanol–water partition coefficient (Wildman–Crippen LogP) is 1.61. The van der Waals surface area contributed by atoms with Gasteiger partial charge in [-0.25, -0.2) is 4.79 Å². The van der Waals surface area contributed by atoms with Crippen molar-refractivity contribution >= 4 is 47.0 Å². The number of rotatable bonds is 1. The van der Waals surface area contributed by atoms with E-state index in [4.69, 9.17) is 10.2 Å². The summed E-state index contributed by atoms with van der Waals surface area (Å²) in [5.41, 5.74) is -0.564. The molecule has 0 heterocycles. The third kappa shape index (κ3) is 12.2. The topological polar surface area (TPSA) is 57.5 Å². The van der Waals surface area contributed by atoms with Crippen molar-refractivity contribution < 1.29 is 15.0 Å². The maximum absolute atomic E-state index is 10.1. The van der Waals surface area contributed by atoms with Crippen LogP contribution >= 0.6 is 37.5 Å². The molecule has 0 aromatic carbocycles. The van der Waals surface area contributed by atoms with Crippen LogP contribution in [0, 0.1) is 5.41 Å². The highest BCUT2D eigenvalue weighted by molar-refractivity contribution is 8.34. The molecule has 0 spiro atoms. The Morgan fingerprint density at radius 1 is 1.38 bits per heavy atom. The molecule has 0 aliphatic heterocycles. The predicted molar refractivity (Wildman–Crippen MR) is 63.7 cm³/mol. The summed E-state index contributed by atoms with van der Waals surface area (Å²) in [4.78, 5) is 10.1. The van der Waals surface area contributed by atoms with Gasteiger partial charge in [0, 0.05) is 0 Å². The third-order valence-corrected chi connectivity index (χ3v) is 1.05. The van der Waals surface area contributed by atoms with Gasteiger partial charge in [-0.15, -0.1) is 25.3 Å². The van der Waals surface area contributed by atoms with Gasteiger partial charge in [0.25, 0.3) is 0 Å². The molecule has 2 N–H and O–H groups in total. The lowest BCUT2D eigenvalue weighted by atomic mass is 9.89. The minimum Gasteiger partial charge on any atom is -0.479 e. The maximum Gasteiger partial charge on any atom is 0.333 e. The highest BCUT2D eigenvalue weighted by atomic mass is 32.2. The van der Waals surface area contributed by atoms with Crippen molar-refractivity contribution in [2.24, 2.45) is 5.41 Å². The summed E-state index contributed by atoms with van der Waals surface area (Å²) in [7, 11) is 0. The lowest BCUT2D eigenvalue weighted by molar-refractivity contribution is -0.152. The Labute approximate surface area is 94.4 Å². The number of hydrogen-bond acceptors (Lipinski definition) is 3. The van der Waals surface area contributed by atoms with Crippen molar-refractivity contribution in [3.05, 3.63) is 0 Å². The number of carboxylic acids is 1. The van der Waals surface area contributed by atoms with Gasteiger partial charge in [-0.1, -0.05) is 33.0 Å². The quantitative estimate of drug-likeness (QED) is 0.417. The van der Waals surface area contributed by atoms with Crippen LogP contribution in [0.5, 0.6) is 0 Å². The van der Waals surface area contributed by atoms with Crippen molar-refractivity contribution in [1.29, 1.82) is 0 Å². The normalized spacial score (nSPS) is 12.5. The first kappa shape index (κ1) is 15.7. The van der Waals surface area contributed by atoms with E-state index in [-0.39, 0.29) is 0 Å². The Kier molecular flexibility index (Phi) is 8.01. The van der Waals surface area contributed by atoms with Gasteiger partial charge in [0.05, 0.1) is 3.53 Å². The summed E-state index contributed by atoms with van der Waals surface area (Å²) in [6, 6.07) is 0. The first-order chi connectivity index (χ1) is 5.59. The fourth-order valence-electron chi connectivity index (χ4n) is 0.370. The average molecular weight is 242 g/mol. The summed E-state index contributed by atoms with van der Waals surface area (Å²) >= 11 is 11.4. The molecule has 6 heteroatoms. The monoisotopic (exact) mass is 242 g/mol. The summed E-state index contributed by atoms with van der Waals surface area (Å²) in [5.74, 6) is -1.16. The Morgan fingerprint density at radius 3 is 1.62 bits per heavy atom. The van der Waals surface area contributed by atoms with E-state index in [1.54, 1.807) is 20.8 Å². The van der Waals surface area contributed by atoms with E-state index in [1.165, 1.54) is 0 Å². The van der Waals surface area contributed by atoms with E-state index in [9.17, 15) is 4.79 Å². The van der Waals surface area contributed by atoms with Crippen LogP contribution in [0.3, 0.4) is 0 Å². The Hall–Kier alpha value is 0.220. The Balaban J connectivity index is 0. The van der Waals surface area contributed by atoms with Gasteiger partial charge in [0.1, 0.15) is 0 Å². The van der Waals surface area contributed by atoms with Crippen molar-refractivity contribution in [3.63, 3.8) is 0 Å². The maximum atomic E-state index is 10.1. The molecule has 0 aromatic heterocycles. The largest absolute Gasteiger partial charge is 0.479 e. The SMILES string of the molecule is CC(C)(C)C(O)C(=O)O.S=C(S)S. The van der Waals surface area contributed by atoms with Crippen LogP contribution in [0.2, 0.25) is 0 Å². The fourth-order valence-corrected chi connectivity index (χ4v) is 0.370. The van der Waals surface area contributed by atoms with Crippen LogP contribution in [0.1, 0.15) is 20.8 Å². The Morgan fingerprint density at radius 2 is 1.62 bits per heavy atom. The van der Waals surface area contributed by atoms with Crippen LogP contribution in [0.4, 0.5) is 0 Å². The van der Waals surface area contributed by atoms with E-state index < -0.39 is 17.5 Å². The van der Waals surface area contributed by atoms with Gasteiger partial charge in [0.15, 0.2) is 6.10 Å².